The van der Waals surface area contributed by atoms with Crippen molar-refractivity contribution < 1.29 is 8.42 Å². The molecule has 0 saturated carbocycles. The van der Waals surface area contributed by atoms with Gasteiger partial charge in [0.15, 0.2) is 5.16 Å². The molecule has 0 atom stereocenters. The minimum absolute atomic E-state index is 0.244. The first-order valence-electron chi connectivity index (χ1n) is 9.41. The van der Waals surface area contributed by atoms with Crippen LogP contribution in [0.2, 0.25) is 0 Å². The predicted molar refractivity (Wildman–Crippen MR) is 116 cm³/mol. The molecule has 152 valence electrons. The highest BCUT2D eigenvalue weighted by atomic mass is 32.2. The van der Waals surface area contributed by atoms with Crippen LogP contribution >= 0.6 is 11.8 Å². The van der Waals surface area contributed by atoms with E-state index in [4.69, 9.17) is 10.2 Å². The lowest BCUT2D eigenvalue weighted by molar-refractivity contribution is 0.521. The highest BCUT2D eigenvalue weighted by Gasteiger charge is 2.20. The Balaban J connectivity index is 1.97. The molecule has 0 aliphatic rings. The fraction of sp³-hybridized carbons (Fsp3) is 0.333. The Morgan fingerprint density at radius 3 is 2.69 bits per heavy atom. The van der Waals surface area contributed by atoms with Crippen LogP contribution in [0, 0.1) is 11.3 Å². The standard InChI is InChI=1S/C21H24N4O2S2/c1-4-5-11-25-20-10-9-18(29(26,27)24(2)3)13-19(20)23-21(25)28-15-17-8-6-7-16(12-17)14-22/h6-10,12-13H,4-5,11,15H2,1-3H3. The molecule has 1 aromatic heterocycles. The van der Waals surface area contributed by atoms with E-state index in [0.717, 1.165) is 35.6 Å². The highest BCUT2D eigenvalue weighted by molar-refractivity contribution is 7.98. The van der Waals surface area contributed by atoms with Gasteiger partial charge in [-0.1, -0.05) is 37.2 Å². The number of imidazole rings is 1. The van der Waals surface area contributed by atoms with Crippen molar-refractivity contribution in [1.29, 1.82) is 5.26 Å². The van der Waals surface area contributed by atoms with Gasteiger partial charge >= 0.3 is 0 Å². The molecule has 8 heteroatoms. The van der Waals surface area contributed by atoms with E-state index < -0.39 is 10.0 Å². The van der Waals surface area contributed by atoms with E-state index in [-0.39, 0.29) is 4.90 Å². The summed E-state index contributed by atoms with van der Waals surface area (Å²) in [6, 6.07) is 14.8. The second kappa shape index (κ2) is 8.99. The molecule has 3 rings (SSSR count). The first kappa shape index (κ1) is 21.4. The zero-order valence-electron chi connectivity index (χ0n) is 16.8. The zero-order chi connectivity index (χ0) is 21.0. The van der Waals surface area contributed by atoms with Crippen LogP contribution in [-0.4, -0.2) is 36.4 Å². The smallest absolute Gasteiger partial charge is 0.242 e. The maximum Gasteiger partial charge on any atom is 0.242 e. The number of hydrogen-bond donors (Lipinski definition) is 0. The molecular formula is C21H24N4O2S2. The van der Waals surface area contributed by atoms with E-state index >= 15 is 0 Å². The third kappa shape index (κ3) is 4.64. The zero-order valence-corrected chi connectivity index (χ0v) is 18.4. The number of fused-ring (bicyclic) bond motifs is 1. The lowest BCUT2D eigenvalue weighted by atomic mass is 10.2. The molecule has 0 amide bonds. The van der Waals surface area contributed by atoms with Crippen LogP contribution in [0.25, 0.3) is 11.0 Å². The maximum atomic E-state index is 12.5. The van der Waals surface area contributed by atoms with Crippen molar-refractivity contribution in [3.8, 4) is 6.07 Å². The summed E-state index contributed by atoms with van der Waals surface area (Å²) in [5.74, 6) is 0.688. The molecule has 0 saturated heterocycles. The molecular weight excluding hydrogens is 404 g/mol. The Kier molecular flexibility index (Phi) is 6.63. The van der Waals surface area contributed by atoms with Gasteiger partial charge in [-0.05, 0) is 42.3 Å². The van der Waals surface area contributed by atoms with Crippen LogP contribution in [0.4, 0.5) is 0 Å². The normalized spacial score (nSPS) is 11.8. The van der Waals surface area contributed by atoms with Gasteiger partial charge in [-0.3, -0.25) is 0 Å². The van der Waals surface area contributed by atoms with Crippen molar-refractivity contribution in [1.82, 2.24) is 13.9 Å². The molecule has 1 heterocycles. The van der Waals surface area contributed by atoms with E-state index in [1.54, 1.807) is 30.0 Å². The summed E-state index contributed by atoms with van der Waals surface area (Å²) in [7, 11) is -0.458. The van der Waals surface area contributed by atoms with E-state index in [2.05, 4.69) is 17.6 Å². The van der Waals surface area contributed by atoms with Gasteiger partial charge in [0.25, 0.3) is 0 Å². The second-order valence-corrected chi connectivity index (χ2v) is 10.0. The van der Waals surface area contributed by atoms with Gasteiger partial charge in [0.2, 0.25) is 10.0 Å². The number of benzene rings is 2. The second-order valence-electron chi connectivity index (χ2n) is 6.94. The molecule has 6 nitrogen and oxygen atoms in total. The van der Waals surface area contributed by atoms with Gasteiger partial charge < -0.3 is 4.57 Å². The van der Waals surface area contributed by atoms with Crippen molar-refractivity contribution in [2.45, 2.75) is 42.1 Å². The maximum absolute atomic E-state index is 12.5. The van der Waals surface area contributed by atoms with Crippen molar-refractivity contribution in [2.75, 3.05) is 14.1 Å². The summed E-state index contributed by atoms with van der Waals surface area (Å²) in [5, 5.41) is 9.95. The van der Waals surface area contributed by atoms with E-state index in [1.165, 1.54) is 18.4 Å². The molecule has 2 aromatic carbocycles. The number of nitrogens with zero attached hydrogens (tertiary/aromatic N) is 4. The fourth-order valence-electron chi connectivity index (χ4n) is 2.98. The molecule has 0 aliphatic carbocycles. The Morgan fingerprint density at radius 2 is 2.00 bits per heavy atom. The number of nitriles is 1. The summed E-state index contributed by atoms with van der Waals surface area (Å²) in [6.45, 7) is 2.97. The van der Waals surface area contributed by atoms with Gasteiger partial charge in [-0.2, -0.15) is 5.26 Å². The van der Waals surface area contributed by atoms with Crippen molar-refractivity contribution in [3.63, 3.8) is 0 Å². The molecule has 0 bridgehead atoms. The van der Waals surface area contributed by atoms with E-state index in [9.17, 15) is 8.42 Å². The van der Waals surface area contributed by atoms with Crippen molar-refractivity contribution >= 4 is 32.8 Å². The Bertz CT molecular complexity index is 1160. The molecule has 0 spiro atoms. The SMILES string of the molecule is CCCCn1c(SCc2cccc(C#N)c2)nc2cc(S(=O)(=O)N(C)C)ccc21. The number of unbranched alkanes of at least 4 members (excludes halogenated alkanes) is 1. The first-order chi connectivity index (χ1) is 13.9. The van der Waals surface area contributed by atoms with Crippen molar-refractivity contribution in [3.05, 3.63) is 53.6 Å². The molecule has 0 fully saturated rings. The number of aryl methyl sites for hydroxylation is 1. The monoisotopic (exact) mass is 428 g/mol. The average molecular weight is 429 g/mol. The molecule has 0 radical (unpaired) electrons. The summed E-state index contributed by atoms with van der Waals surface area (Å²) in [5.41, 5.74) is 3.31. The average Bonchev–Trinajstić information content (AvgIpc) is 3.07. The van der Waals surface area contributed by atoms with Crippen LogP contribution in [0.5, 0.6) is 0 Å². The highest BCUT2D eigenvalue weighted by Crippen LogP contribution is 2.29. The third-order valence-corrected chi connectivity index (χ3v) is 7.48. The minimum Gasteiger partial charge on any atom is -0.319 e. The topological polar surface area (TPSA) is 79.0 Å². The van der Waals surface area contributed by atoms with E-state index in [1.807, 2.05) is 24.3 Å². The molecule has 0 unspecified atom stereocenters. The first-order valence-corrected chi connectivity index (χ1v) is 11.8. The number of rotatable bonds is 8. The summed E-state index contributed by atoms with van der Waals surface area (Å²) < 4.78 is 28.3. The lowest BCUT2D eigenvalue weighted by Crippen LogP contribution is -2.22. The summed E-state index contributed by atoms with van der Waals surface area (Å²) in [6.07, 6.45) is 2.07. The van der Waals surface area contributed by atoms with E-state index in [0.29, 0.717) is 16.8 Å². The van der Waals surface area contributed by atoms with Crippen LogP contribution < -0.4 is 0 Å². The van der Waals surface area contributed by atoms with Crippen LogP contribution in [0.1, 0.15) is 30.9 Å². The van der Waals surface area contributed by atoms with Gasteiger partial charge in [-0.15, -0.1) is 0 Å². The number of sulfonamides is 1. The summed E-state index contributed by atoms with van der Waals surface area (Å²) >= 11 is 1.60. The molecule has 3 aromatic rings. The minimum atomic E-state index is -3.51. The summed E-state index contributed by atoms with van der Waals surface area (Å²) in [4.78, 5) is 4.98. The van der Waals surface area contributed by atoms with Gasteiger partial charge in [0.1, 0.15) is 0 Å². The Labute approximate surface area is 176 Å². The largest absolute Gasteiger partial charge is 0.319 e. The number of hydrogen-bond acceptors (Lipinski definition) is 5. The van der Waals surface area contributed by atoms with Gasteiger partial charge in [-0.25, -0.2) is 17.7 Å². The Hall–Kier alpha value is -2.34. The number of thioether (sulfide) groups is 1. The predicted octanol–water partition coefficient (Wildman–Crippen LogP) is 4.25. The number of aromatic nitrogens is 2. The molecule has 0 N–H and O–H groups in total. The quantitative estimate of drug-likeness (QED) is 0.501. The Morgan fingerprint density at radius 1 is 1.21 bits per heavy atom. The third-order valence-electron chi connectivity index (χ3n) is 4.62. The molecule has 29 heavy (non-hydrogen) atoms. The fourth-order valence-corrected chi connectivity index (χ4v) is 4.89. The van der Waals surface area contributed by atoms with Crippen LogP contribution in [0.15, 0.2) is 52.5 Å². The van der Waals surface area contributed by atoms with Crippen LogP contribution in [-0.2, 0) is 22.3 Å². The van der Waals surface area contributed by atoms with Gasteiger partial charge in [0.05, 0.1) is 27.6 Å². The van der Waals surface area contributed by atoms with Gasteiger partial charge in [0, 0.05) is 26.4 Å². The molecule has 0 aliphatic heterocycles. The van der Waals surface area contributed by atoms with Crippen molar-refractivity contribution in [2.24, 2.45) is 0 Å². The van der Waals surface area contributed by atoms with Crippen LogP contribution in [0.3, 0.4) is 0 Å². The lowest BCUT2D eigenvalue weighted by Gasteiger charge is -2.11.